The lowest BCUT2D eigenvalue weighted by molar-refractivity contribution is 0.284. The number of phenolic OH excluding ortho intramolecular Hbond substituents is 1. The zero-order valence-electron chi connectivity index (χ0n) is 52.5. The minimum Gasteiger partial charge on any atom is -0.503 e. The van der Waals surface area contributed by atoms with Gasteiger partial charge in [-0.2, -0.15) is 0 Å². The summed E-state index contributed by atoms with van der Waals surface area (Å²) in [5.41, 5.74) is 21.3. The first-order valence-corrected chi connectivity index (χ1v) is 31.8. The molecule has 4 aliphatic rings. The number of nitrogens with zero attached hydrogens (tertiary/aromatic N) is 4. The fraction of sp³-hybridized carbons (Fsp3) is 0.280. The van der Waals surface area contributed by atoms with E-state index in [0.717, 1.165) is 178 Å². The highest BCUT2D eigenvalue weighted by Crippen LogP contribution is 2.43. The fourth-order valence-electron chi connectivity index (χ4n) is 14.0. The van der Waals surface area contributed by atoms with E-state index in [1.807, 2.05) is 72.8 Å². The van der Waals surface area contributed by atoms with Crippen LogP contribution in [0.4, 0.5) is 0 Å². The summed E-state index contributed by atoms with van der Waals surface area (Å²) in [4.78, 5) is 35.0. The third-order valence-electron chi connectivity index (χ3n) is 18.7. The molecule has 92 heavy (non-hydrogen) atoms. The van der Waals surface area contributed by atoms with Crippen LogP contribution < -0.4 is 33.2 Å². The van der Waals surface area contributed by atoms with Gasteiger partial charge in [0.15, 0.2) is 23.0 Å². The number of rotatable bonds is 19. The van der Waals surface area contributed by atoms with Crippen LogP contribution in [0.2, 0.25) is 5.02 Å². The van der Waals surface area contributed by atoms with Crippen molar-refractivity contribution in [1.82, 2.24) is 19.9 Å². The Morgan fingerprint density at radius 3 is 1.14 bits per heavy atom. The standard InChI is InChI=1S/C41H40N4O4.C34H33ClN4O4/c1-46-28-10-12-30-32-15-17-42-36(40(32)44-34(30)22-28)19-27(26-9-14-38(39(21-26)48-3)49-24-25-7-5-4-6-8-25)20-37-41-33(16-18-43-37)31-13-11-29(47-2)23-35(31)45-41;1-41-20-4-6-22-24-8-10-36-29(32(24)38-27(22)16-20)13-19(18-12-26(35)34(40)31(15-18)43-3)14-30-33-25(9-11-37-30)23-7-5-21(42-2)17-28(23)39-33/h4-14,21-23,27,44-45H,15-20,24H2,1-3H3;4-7,12,15-17,19,38-40H,8-11,13-14H2,1-3H3. The van der Waals surface area contributed by atoms with Crippen molar-refractivity contribution in [3.63, 3.8) is 0 Å². The number of hydrogen-bond acceptors (Lipinski definition) is 12. The number of aliphatic imine (C=N–C) groups is 4. The number of H-pyrrole nitrogens is 4. The largest absolute Gasteiger partial charge is 0.503 e. The quantitative estimate of drug-likeness (QED) is 0.0527. The molecule has 0 fully saturated rings. The molecule has 8 heterocycles. The van der Waals surface area contributed by atoms with E-state index in [4.69, 9.17) is 64.7 Å². The van der Waals surface area contributed by atoms with Gasteiger partial charge in [-0.05, 0) is 175 Å². The first kappa shape index (κ1) is 59.7. The van der Waals surface area contributed by atoms with Gasteiger partial charge in [-0.3, -0.25) is 20.0 Å². The zero-order valence-corrected chi connectivity index (χ0v) is 53.3. The van der Waals surface area contributed by atoms with E-state index in [9.17, 15) is 5.11 Å². The summed E-state index contributed by atoms with van der Waals surface area (Å²) >= 11 is 6.53. The van der Waals surface area contributed by atoms with Gasteiger partial charge in [0.05, 0.1) is 93.3 Å². The van der Waals surface area contributed by atoms with E-state index in [1.165, 1.54) is 50.9 Å². The van der Waals surface area contributed by atoms with Gasteiger partial charge < -0.3 is 58.2 Å². The molecule has 4 aliphatic heterocycles. The Hall–Kier alpha value is -9.93. The molecular formula is C75H73ClN8O8. The molecule has 16 nitrogen and oxygen atoms in total. The van der Waals surface area contributed by atoms with Crippen molar-refractivity contribution in [1.29, 1.82) is 0 Å². The third-order valence-corrected chi connectivity index (χ3v) is 19.0. The molecule has 4 aromatic heterocycles. The van der Waals surface area contributed by atoms with Gasteiger partial charge in [0, 0.05) is 94.1 Å². The SMILES string of the molecule is COc1ccc2c3c([nH]c2c1)C(CC(CC1=NCCc2c1[nH]c1cc(OC)ccc21)c1cc(Cl)c(O)c(OC)c1)=NCC3.COc1ccc2c3c([nH]c2c1)C(CC(CC1=NCCc2c1[nH]c1cc(OC)ccc21)c1ccc(OCc2ccccc2)c(OC)c1)=NCC3. The van der Waals surface area contributed by atoms with Gasteiger partial charge in [-0.25, -0.2) is 0 Å². The Morgan fingerprint density at radius 2 is 0.772 bits per heavy atom. The molecule has 0 amide bonds. The summed E-state index contributed by atoms with van der Waals surface area (Å²) in [6.07, 6.45) is 6.37. The highest BCUT2D eigenvalue weighted by atomic mass is 35.5. The predicted octanol–water partition coefficient (Wildman–Crippen LogP) is 15.2. The maximum atomic E-state index is 10.5. The highest BCUT2D eigenvalue weighted by molar-refractivity contribution is 6.32. The van der Waals surface area contributed by atoms with Crippen molar-refractivity contribution < 1.29 is 38.3 Å². The minimum atomic E-state index is -0.0598. The van der Waals surface area contributed by atoms with Crippen molar-refractivity contribution in [3.05, 3.63) is 200 Å². The molecule has 0 unspecified atom stereocenters. The smallest absolute Gasteiger partial charge is 0.176 e. The molecule has 11 aromatic rings. The summed E-state index contributed by atoms with van der Waals surface area (Å²) < 4.78 is 39.7. The molecular weight excluding hydrogens is 1180 g/mol. The van der Waals surface area contributed by atoms with Crippen molar-refractivity contribution in [2.24, 2.45) is 20.0 Å². The van der Waals surface area contributed by atoms with Gasteiger partial charge in [0.1, 0.15) is 29.6 Å². The van der Waals surface area contributed by atoms with Crippen molar-refractivity contribution in [2.45, 2.75) is 69.8 Å². The molecule has 0 radical (unpaired) electrons. The second-order valence-electron chi connectivity index (χ2n) is 23.8. The van der Waals surface area contributed by atoms with E-state index in [0.29, 0.717) is 30.9 Å². The van der Waals surface area contributed by atoms with Gasteiger partial charge in [-0.1, -0.05) is 48.0 Å². The number of phenols is 1. The third kappa shape index (κ3) is 11.6. The van der Waals surface area contributed by atoms with Crippen molar-refractivity contribution in [2.75, 3.05) is 68.8 Å². The second-order valence-corrected chi connectivity index (χ2v) is 24.2. The van der Waals surface area contributed by atoms with E-state index in [2.05, 4.69) is 80.6 Å². The van der Waals surface area contributed by atoms with Crippen LogP contribution in [0.3, 0.4) is 0 Å². The zero-order chi connectivity index (χ0) is 63.0. The Morgan fingerprint density at radius 1 is 0.402 bits per heavy atom. The van der Waals surface area contributed by atoms with E-state index >= 15 is 0 Å². The molecule has 0 aliphatic carbocycles. The Kier molecular flexibility index (Phi) is 16.7. The van der Waals surface area contributed by atoms with Crippen LogP contribution in [-0.2, 0) is 32.3 Å². The summed E-state index contributed by atoms with van der Waals surface area (Å²) in [6.45, 7) is 3.44. The van der Waals surface area contributed by atoms with Crippen LogP contribution in [0.1, 0.15) is 99.2 Å². The molecule has 0 bridgehead atoms. The first-order valence-electron chi connectivity index (χ1n) is 31.4. The lowest BCUT2D eigenvalue weighted by atomic mass is 9.84. The number of aromatic nitrogens is 4. The lowest BCUT2D eigenvalue weighted by Gasteiger charge is -2.24. The number of nitrogens with one attached hydrogen (secondary N) is 4. The predicted molar refractivity (Wildman–Crippen MR) is 367 cm³/mol. The van der Waals surface area contributed by atoms with Gasteiger partial charge in [0.2, 0.25) is 0 Å². The average Bonchev–Trinajstić information content (AvgIpc) is 1.68. The number of benzene rings is 7. The summed E-state index contributed by atoms with van der Waals surface area (Å²) in [5, 5.41) is 15.6. The van der Waals surface area contributed by atoms with Crippen LogP contribution in [-0.4, -0.2) is 117 Å². The van der Waals surface area contributed by atoms with Crippen LogP contribution in [0.25, 0.3) is 43.6 Å². The first-order chi connectivity index (χ1) is 45.1. The molecule has 5 N–H and O–H groups in total. The topological polar surface area (TPSA) is 197 Å². The minimum absolute atomic E-state index is 0.0386. The van der Waals surface area contributed by atoms with Crippen LogP contribution >= 0.6 is 11.6 Å². The Labute approximate surface area is 538 Å². The molecule has 0 saturated carbocycles. The van der Waals surface area contributed by atoms with Crippen molar-refractivity contribution >= 4 is 78.1 Å². The number of fused-ring (bicyclic) bond motifs is 12. The number of hydrogen-bond donors (Lipinski definition) is 5. The Balaban J connectivity index is 0.000000161. The van der Waals surface area contributed by atoms with Gasteiger partial charge in [-0.15, -0.1) is 0 Å². The van der Waals surface area contributed by atoms with Gasteiger partial charge >= 0.3 is 0 Å². The highest BCUT2D eigenvalue weighted by Gasteiger charge is 2.31. The number of ether oxygens (including phenoxy) is 7. The van der Waals surface area contributed by atoms with Gasteiger partial charge in [0.25, 0.3) is 0 Å². The molecule has 0 spiro atoms. The normalized spacial score (nSPS) is 14.2. The number of aromatic hydroxyl groups is 1. The van der Waals surface area contributed by atoms with Crippen molar-refractivity contribution in [3.8, 4) is 46.0 Å². The monoisotopic (exact) mass is 1250 g/mol. The number of methoxy groups -OCH3 is 6. The average molecular weight is 1250 g/mol. The summed E-state index contributed by atoms with van der Waals surface area (Å²) in [7, 11) is 10.0. The number of halogens is 1. The van der Waals surface area contributed by atoms with E-state index in [-0.39, 0.29) is 22.6 Å². The maximum absolute atomic E-state index is 10.5. The molecule has 15 rings (SSSR count). The fourth-order valence-corrected chi connectivity index (χ4v) is 14.2. The molecule has 0 saturated heterocycles. The lowest BCUT2D eigenvalue weighted by Crippen LogP contribution is -2.20. The molecule has 17 heteroatoms. The summed E-state index contributed by atoms with van der Waals surface area (Å²) in [5.74, 6) is 5.07. The molecule has 7 aromatic carbocycles. The summed E-state index contributed by atoms with van der Waals surface area (Å²) in [6, 6.07) is 45.1. The molecule has 468 valence electrons. The second kappa shape index (κ2) is 25.8. The van der Waals surface area contributed by atoms with Crippen LogP contribution in [0.5, 0.6) is 46.0 Å². The molecule has 0 atom stereocenters. The van der Waals surface area contributed by atoms with E-state index < -0.39 is 0 Å². The Bertz CT molecular complexity index is 4520. The van der Waals surface area contributed by atoms with E-state index in [1.54, 1.807) is 35.5 Å². The van der Waals surface area contributed by atoms with Crippen LogP contribution in [0, 0.1) is 0 Å². The number of aromatic amines is 4. The maximum Gasteiger partial charge on any atom is 0.176 e. The van der Waals surface area contributed by atoms with Crippen LogP contribution in [0.15, 0.2) is 153 Å².